The number of benzene rings is 1. The first kappa shape index (κ1) is 16.7. The first-order valence-corrected chi connectivity index (χ1v) is 8.75. The Hall–Kier alpha value is -2.71. The summed E-state index contributed by atoms with van der Waals surface area (Å²) in [4.78, 5) is 22.5. The number of aromatic amines is 1. The molecule has 0 saturated carbocycles. The average molecular weight is 355 g/mol. The maximum Gasteiger partial charge on any atom is 0.341 e. The number of para-hydroxylation sites is 2. The maximum atomic E-state index is 12.4. The summed E-state index contributed by atoms with van der Waals surface area (Å²) < 4.78 is 12.3. The molecule has 1 aromatic carbocycles. The van der Waals surface area contributed by atoms with Crippen molar-refractivity contribution in [3.05, 3.63) is 41.7 Å². The van der Waals surface area contributed by atoms with Crippen LogP contribution in [0.3, 0.4) is 0 Å². The van der Waals surface area contributed by atoms with E-state index in [4.69, 9.17) is 9.47 Å². The monoisotopic (exact) mass is 355 g/mol. The van der Waals surface area contributed by atoms with Gasteiger partial charge in [0, 0.05) is 19.6 Å². The highest BCUT2D eigenvalue weighted by atomic mass is 16.5. The van der Waals surface area contributed by atoms with Gasteiger partial charge in [-0.15, -0.1) is 0 Å². The van der Waals surface area contributed by atoms with Crippen LogP contribution in [-0.4, -0.2) is 63.5 Å². The molecule has 0 aliphatic carbocycles. The van der Waals surface area contributed by atoms with E-state index in [1.54, 1.807) is 17.8 Å². The second kappa shape index (κ2) is 7.27. The van der Waals surface area contributed by atoms with Crippen molar-refractivity contribution in [3.8, 4) is 5.95 Å². The number of ether oxygens (including phenoxy) is 2. The largest absolute Gasteiger partial charge is 0.462 e. The molecular weight excluding hydrogens is 334 g/mol. The Morgan fingerprint density at radius 3 is 2.88 bits per heavy atom. The molecule has 0 amide bonds. The van der Waals surface area contributed by atoms with E-state index < -0.39 is 0 Å². The topological polar surface area (TPSA) is 85.3 Å². The van der Waals surface area contributed by atoms with Gasteiger partial charge in [-0.05, 0) is 19.1 Å². The third-order valence-corrected chi connectivity index (χ3v) is 4.42. The number of esters is 1. The lowest BCUT2D eigenvalue weighted by Gasteiger charge is -2.26. The molecule has 3 heterocycles. The lowest BCUT2D eigenvalue weighted by molar-refractivity contribution is 0.0328. The first-order valence-electron chi connectivity index (χ1n) is 8.75. The quantitative estimate of drug-likeness (QED) is 0.702. The number of hydrogen-bond donors (Lipinski definition) is 1. The normalized spacial score (nSPS) is 15.4. The molecule has 1 aliphatic rings. The molecule has 26 heavy (non-hydrogen) atoms. The summed E-state index contributed by atoms with van der Waals surface area (Å²) in [5.41, 5.74) is 3.02. The van der Waals surface area contributed by atoms with Crippen LogP contribution in [0.15, 0.2) is 30.5 Å². The highest BCUT2D eigenvalue weighted by molar-refractivity contribution is 5.90. The summed E-state index contributed by atoms with van der Waals surface area (Å²) in [6.07, 6.45) is 1.56. The van der Waals surface area contributed by atoms with E-state index >= 15 is 0 Å². The van der Waals surface area contributed by atoms with Crippen LogP contribution in [0.5, 0.6) is 0 Å². The van der Waals surface area contributed by atoms with E-state index in [-0.39, 0.29) is 5.97 Å². The molecule has 4 rings (SSSR count). The van der Waals surface area contributed by atoms with E-state index in [1.807, 2.05) is 24.3 Å². The van der Waals surface area contributed by atoms with Crippen molar-refractivity contribution in [2.75, 3.05) is 32.9 Å². The number of carbonyl (C=O) groups excluding carboxylic acids is 1. The Kier molecular flexibility index (Phi) is 4.68. The van der Waals surface area contributed by atoms with E-state index in [1.165, 1.54) is 0 Å². The van der Waals surface area contributed by atoms with Gasteiger partial charge < -0.3 is 14.5 Å². The van der Waals surface area contributed by atoms with E-state index in [9.17, 15) is 4.79 Å². The van der Waals surface area contributed by atoms with Gasteiger partial charge in [0.05, 0.1) is 42.7 Å². The predicted molar refractivity (Wildman–Crippen MR) is 95.3 cm³/mol. The van der Waals surface area contributed by atoms with Gasteiger partial charge in [0.1, 0.15) is 5.56 Å². The summed E-state index contributed by atoms with van der Waals surface area (Å²) in [5, 5.41) is 4.41. The first-order chi connectivity index (χ1) is 12.8. The number of nitrogens with zero attached hydrogens (tertiary/aromatic N) is 4. The molecule has 2 aromatic heterocycles. The number of hydrogen-bond acceptors (Lipinski definition) is 6. The fourth-order valence-corrected chi connectivity index (χ4v) is 3.10. The SMILES string of the molecule is CCOC(=O)c1cnn(-c2nc3ccccc3[nH]2)c1CN1CCOCC1. The number of H-pyrrole nitrogens is 1. The minimum atomic E-state index is -0.363. The minimum Gasteiger partial charge on any atom is -0.462 e. The van der Waals surface area contributed by atoms with E-state index in [0.29, 0.717) is 37.9 Å². The molecule has 1 N–H and O–H groups in total. The number of fused-ring (bicyclic) bond motifs is 1. The van der Waals surface area contributed by atoms with Gasteiger partial charge in [-0.1, -0.05) is 12.1 Å². The minimum absolute atomic E-state index is 0.325. The zero-order valence-corrected chi connectivity index (χ0v) is 14.6. The van der Waals surface area contributed by atoms with Crippen LogP contribution in [0.25, 0.3) is 17.0 Å². The third-order valence-electron chi connectivity index (χ3n) is 4.42. The number of imidazole rings is 1. The van der Waals surface area contributed by atoms with Crippen molar-refractivity contribution < 1.29 is 14.3 Å². The van der Waals surface area contributed by atoms with Crippen molar-refractivity contribution in [3.63, 3.8) is 0 Å². The van der Waals surface area contributed by atoms with Crippen LogP contribution in [-0.2, 0) is 16.0 Å². The molecule has 136 valence electrons. The van der Waals surface area contributed by atoms with Gasteiger partial charge in [0.2, 0.25) is 5.95 Å². The average Bonchev–Trinajstić information content (AvgIpc) is 3.26. The number of morpholine rings is 1. The van der Waals surface area contributed by atoms with Crippen LogP contribution < -0.4 is 0 Å². The molecule has 3 aromatic rings. The fraction of sp³-hybridized carbons (Fsp3) is 0.389. The Balaban J connectivity index is 1.73. The maximum absolute atomic E-state index is 12.4. The molecule has 0 atom stereocenters. The van der Waals surface area contributed by atoms with Crippen LogP contribution in [0, 0.1) is 0 Å². The third kappa shape index (κ3) is 3.21. The van der Waals surface area contributed by atoms with E-state index in [2.05, 4.69) is 20.0 Å². The van der Waals surface area contributed by atoms with Gasteiger partial charge in [0.25, 0.3) is 0 Å². The van der Waals surface area contributed by atoms with Crippen molar-refractivity contribution in [2.24, 2.45) is 0 Å². The van der Waals surface area contributed by atoms with Gasteiger partial charge in [-0.25, -0.2) is 14.5 Å². The summed E-state index contributed by atoms with van der Waals surface area (Å²) in [6, 6.07) is 7.79. The van der Waals surface area contributed by atoms with Gasteiger partial charge in [0.15, 0.2) is 0 Å². The molecule has 1 fully saturated rings. The van der Waals surface area contributed by atoms with Gasteiger partial charge in [-0.2, -0.15) is 5.10 Å². The van der Waals surface area contributed by atoms with Crippen molar-refractivity contribution in [2.45, 2.75) is 13.5 Å². The summed E-state index contributed by atoms with van der Waals surface area (Å²) in [5.74, 6) is 0.225. The second-order valence-corrected chi connectivity index (χ2v) is 6.10. The standard InChI is InChI=1S/C18H21N5O3/c1-2-26-17(24)13-11-19-23(16(13)12-22-7-9-25-10-8-22)18-20-14-5-3-4-6-15(14)21-18/h3-6,11H,2,7-10,12H2,1H3,(H,20,21). The van der Waals surface area contributed by atoms with Crippen LogP contribution in [0.2, 0.25) is 0 Å². The molecule has 0 bridgehead atoms. The number of nitrogens with one attached hydrogen (secondary N) is 1. The number of rotatable bonds is 5. The number of carbonyl (C=O) groups is 1. The second-order valence-electron chi connectivity index (χ2n) is 6.10. The predicted octanol–water partition coefficient (Wildman–Crippen LogP) is 1.76. The molecule has 0 spiro atoms. The summed E-state index contributed by atoms with van der Waals surface area (Å²) in [7, 11) is 0. The molecular formula is C18H21N5O3. The van der Waals surface area contributed by atoms with Crippen LogP contribution in [0.1, 0.15) is 23.0 Å². The zero-order valence-electron chi connectivity index (χ0n) is 14.6. The molecule has 8 heteroatoms. The fourth-order valence-electron chi connectivity index (χ4n) is 3.10. The Morgan fingerprint density at radius 1 is 1.31 bits per heavy atom. The summed E-state index contributed by atoms with van der Waals surface area (Å²) in [6.45, 7) is 5.70. The zero-order chi connectivity index (χ0) is 17.9. The Bertz CT molecular complexity index is 878. The molecule has 0 unspecified atom stereocenters. The summed E-state index contributed by atoms with van der Waals surface area (Å²) >= 11 is 0. The Morgan fingerprint density at radius 2 is 2.12 bits per heavy atom. The highest BCUT2D eigenvalue weighted by Gasteiger charge is 2.23. The van der Waals surface area contributed by atoms with Crippen LogP contribution >= 0.6 is 0 Å². The molecule has 1 aliphatic heterocycles. The lowest BCUT2D eigenvalue weighted by atomic mass is 10.2. The van der Waals surface area contributed by atoms with Gasteiger partial charge >= 0.3 is 5.97 Å². The van der Waals surface area contributed by atoms with E-state index in [0.717, 1.165) is 29.8 Å². The van der Waals surface area contributed by atoms with Crippen molar-refractivity contribution in [1.29, 1.82) is 0 Å². The van der Waals surface area contributed by atoms with Crippen molar-refractivity contribution in [1.82, 2.24) is 24.6 Å². The lowest BCUT2D eigenvalue weighted by Crippen LogP contribution is -2.36. The molecule has 8 nitrogen and oxygen atoms in total. The van der Waals surface area contributed by atoms with Crippen LogP contribution in [0.4, 0.5) is 0 Å². The Labute approximate surface area is 150 Å². The highest BCUT2D eigenvalue weighted by Crippen LogP contribution is 2.19. The molecule has 1 saturated heterocycles. The van der Waals surface area contributed by atoms with Gasteiger partial charge in [-0.3, -0.25) is 4.90 Å². The van der Waals surface area contributed by atoms with Crippen molar-refractivity contribution >= 4 is 17.0 Å². The molecule has 0 radical (unpaired) electrons. The number of aromatic nitrogens is 4. The smallest absolute Gasteiger partial charge is 0.341 e.